The zero-order valence-corrected chi connectivity index (χ0v) is 12.5. The molecule has 19 heavy (non-hydrogen) atoms. The lowest BCUT2D eigenvalue weighted by Crippen LogP contribution is -1.84. The second-order valence-electron chi connectivity index (χ2n) is 3.99. The van der Waals surface area contributed by atoms with Crippen LogP contribution in [0.15, 0.2) is 41.1 Å². The van der Waals surface area contributed by atoms with E-state index in [0.717, 1.165) is 10.1 Å². The Morgan fingerprint density at radius 1 is 1.11 bits per heavy atom. The third kappa shape index (κ3) is 2.36. The molecule has 0 radical (unpaired) electrons. The number of hydrogen-bond donors (Lipinski definition) is 0. The first kappa shape index (κ1) is 12.9. The van der Waals surface area contributed by atoms with E-state index >= 15 is 0 Å². The van der Waals surface area contributed by atoms with Gasteiger partial charge in [-0.05, 0) is 40.2 Å². The second-order valence-corrected chi connectivity index (χ2v) is 5.72. The van der Waals surface area contributed by atoms with Gasteiger partial charge in [0.1, 0.15) is 11.5 Å². The Labute approximate surface area is 126 Å². The summed E-state index contributed by atoms with van der Waals surface area (Å²) in [6.45, 7) is 0. The highest BCUT2D eigenvalue weighted by atomic mass is 79.9. The summed E-state index contributed by atoms with van der Waals surface area (Å²) in [6, 6.07) is 6.42. The van der Waals surface area contributed by atoms with Crippen LogP contribution in [0.3, 0.4) is 0 Å². The molecule has 2 nitrogen and oxygen atoms in total. The highest BCUT2D eigenvalue weighted by molar-refractivity contribution is 9.10. The van der Waals surface area contributed by atoms with Gasteiger partial charge in [0.05, 0.1) is 15.7 Å². The summed E-state index contributed by atoms with van der Waals surface area (Å²) in [5, 5.41) is 0.370. The van der Waals surface area contributed by atoms with Crippen molar-refractivity contribution >= 4 is 44.8 Å². The van der Waals surface area contributed by atoms with E-state index < -0.39 is 5.82 Å². The van der Waals surface area contributed by atoms with Crippen LogP contribution in [0.5, 0.6) is 0 Å². The first-order valence-electron chi connectivity index (χ1n) is 5.34. The lowest BCUT2D eigenvalue weighted by Gasteiger charge is -2.02. The topological polar surface area (TPSA) is 17.3 Å². The molecular formula is C13H6BrCl2FN2. The van der Waals surface area contributed by atoms with Crippen LogP contribution >= 0.6 is 39.1 Å². The molecule has 0 spiro atoms. The van der Waals surface area contributed by atoms with Crippen LogP contribution in [0, 0.1) is 5.82 Å². The average molecular weight is 360 g/mol. The Bertz CT molecular complexity index is 786. The monoisotopic (exact) mass is 358 g/mol. The van der Waals surface area contributed by atoms with Crippen molar-refractivity contribution in [1.82, 2.24) is 9.38 Å². The minimum atomic E-state index is -0.515. The van der Waals surface area contributed by atoms with Crippen molar-refractivity contribution in [2.24, 2.45) is 0 Å². The second kappa shape index (κ2) is 4.78. The summed E-state index contributed by atoms with van der Waals surface area (Å²) < 4.78 is 16.3. The molecule has 0 saturated carbocycles. The SMILES string of the molecule is Fc1cc(-c2cn3cc(Br)ccc3n2)c(Cl)cc1Cl. The number of fused-ring (bicyclic) bond motifs is 1. The molecule has 3 rings (SSSR count). The van der Waals surface area contributed by atoms with Gasteiger partial charge < -0.3 is 4.40 Å². The molecular weight excluding hydrogens is 354 g/mol. The van der Waals surface area contributed by atoms with E-state index in [1.54, 1.807) is 6.20 Å². The molecule has 0 bridgehead atoms. The Hall–Kier alpha value is -1.10. The van der Waals surface area contributed by atoms with Crippen LogP contribution in [-0.2, 0) is 0 Å². The van der Waals surface area contributed by atoms with E-state index in [-0.39, 0.29) is 5.02 Å². The molecule has 0 fully saturated rings. The maximum atomic E-state index is 13.5. The Kier molecular flexibility index (Phi) is 3.25. The van der Waals surface area contributed by atoms with Crippen molar-refractivity contribution in [3.05, 3.63) is 57.0 Å². The molecule has 96 valence electrons. The fourth-order valence-electron chi connectivity index (χ4n) is 1.81. The fraction of sp³-hybridized carbons (Fsp3) is 0. The van der Waals surface area contributed by atoms with Crippen LogP contribution in [-0.4, -0.2) is 9.38 Å². The summed E-state index contributed by atoms with van der Waals surface area (Å²) in [5.74, 6) is -0.515. The van der Waals surface area contributed by atoms with E-state index in [2.05, 4.69) is 20.9 Å². The first-order valence-corrected chi connectivity index (χ1v) is 6.88. The van der Waals surface area contributed by atoms with Crippen molar-refractivity contribution in [2.45, 2.75) is 0 Å². The molecule has 2 heterocycles. The molecule has 0 saturated heterocycles. The van der Waals surface area contributed by atoms with Crippen LogP contribution in [0.1, 0.15) is 0 Å². The minimum Gasteiger partial charge on any atom is -0.305 e. The predicted molar refractivity (Wildman–Crippen MR) is 78.3 cm³/mol. The maximum absolute atomic E-state index is 13.5. The highest BCUT2D eigenvalue weighted by Crippen LogP contribution is 2.32. The van der Waals surface area contributed by atoms with Gasteiger partial charge in [-0.3, -0.25) is 0 Å². The van der Waals surface area contributed by atoms with Crippen LogP contribution in [0.25, 0.3) is 16.9 Å². The number of pyridine rings is 1. The third-order valence-electron chi connectivity index (χ3n) is 2.70. The predicted octanol–water partition coefficient (Wildman–Crippen LogP) is 5.21. The quantitative estimate of drug-likeness (QED) is 0.545. The minimum absolute atomic E-state index is 0.000239. The van der Waals surface area contributed by atoms with Gasteiger partial charge in [-0.25, -0.2) is 9.37 Å². The van der Waals surface area contributed by atoms with E-state index in [1.165, 1.54) is 12.1 Å². The fourth-order valence-corrected chi connectivity index (χ4v) is 2.65. The molecule has 0 unspecified atom stereocenters. The summed E-state index contributed by atoms with van der Waals surface area (Å²) >= 11 is 15.1. The molecule has 1 aromatic carbocycles. The smallest absolute Gasteiger partial charge is 0.142 e. The Morgan fingerprint density at radius 2 is 1.89 bits per heavy atom. The average Bonchev–Trinajstić information content (AvgIpc) is 2.76. The van der Waals surface area contributed by atoms with Crippen molar-refractivity contribution in [2.75, 3.05) is 0 Å². The molecule has 0 amide bonds. The van der Waals surface area contributed by atoms with Crippen LogP contribution in [0.4, 0.5) is 4.39 Å². The number of rotatable bonds is 1. The van der Waals surface area contributed by atoms with Gasteiger partial charge in [0.2, 0.25) is 0 Å². The lowest BCUT2D eigenvalue weighted by molar-refractivity contribution is 0.629. The van der Waals surface area contributed by atoms with E-state index in [4.69, 9.17) is 23.2 Å². The van der Waals surface area contributed by atoms with Gasteiger partial charge >= 0.3 is 0 Å². The van der Waals surface area contributed by atoms with Crippen molar-refractivity contribution in [1.29, 1.82) is 0 Å². The van der Waals surface area contributed by atoms with Gasteiger partial charge in [-0.15, -0.1) is 0 Å². The zero-order valence-electron chi connectivity index (χ0n) is 9.37. The number of benzene rings is 1. The zero-order chi connectivity index (χ0) is 13.6. The number of nitrogens with zero attached hydrogens (tertiary/aromatic N) is 2. The van der Waals surface area contributed by atoms with Crippen molar-refractivity contribution in [3.63, 3.8) is 0 Å². The molecule has 6 heteroatoms. The number of imidazole rings is 1. The lowest BCUT2D eigenvalue weighted by atomic mass is 10.1. The summed E-state index contributed by atoms with van der Waals surface area (Å²) in [4.78, 5) is 4.40. The van der Waals surface area contributed by atoms with Crippen molar-refractivity contribution < 1.29 is 4.39 Å². The van der Waals surface area contributed by atoms with E-state index in [9.17, 15) is 4.39 Å². The molecule has 0 aliphatic carbocycles. The highest BCUT2D eigenvalue weighted by Gasteiger charge is 2.12. The molecule has 0 atom stereocenters. The molecule has 2 aromatic heterocycles. The molecule has 3 aromatic rings. The summed E-state index contributed by atoms with van der Waals surface area (Å²) in [7, 11) is 0. The van der Waals surface area contributed by atoms with E-state index in [0.29, 0.717) is 16.3 Å². The van der Waals surface area contributed by atoms with Gasteiger partial charge in [-0.2, -0.15) is 0 Å². The van der Waals surface area contributed by atoms with Crippen LogP contribution < -0.4 is 0 Å². The van der Waals surface area contributed by atoms with Gasteiger partial charge in [0.25, 0.3) is 0 Å². The Balaban J connectivity index is 2.21. The van der Waals surface area contributed by atoms with E-state index in [1.807, 2.05) is 22.7 Å². The number of halogens is 4. The largest absolute Gasteiger partial charge is 0.305 e. The Morgan fingerprint density at radius 3 is 2.68 bits per heavy atom. The number of hydrogen-bond acceptors (Lipinski definition) is 1. The van der Waals surface area contributed by atoms with Crippen LogP contribution in [0.2, 0.25) is 10.0 Å². The number of aromatic nitrogens is 2. The third-order valence-corrected chi connectivity index (χ3v) is 3.77. The molecule has 0 aliphatic heterocycles. The molecule has 0 N–H and O–H groups in total. The summed E-state index contributed by atoms with van der Waals surface area (Å²) in [5.41, 5.74) is 1.87. The van der Waals surface area contributed by atoms with Gasteiger partial charge in [-0.1, -0.05) is 23.2 Å². The standard InChI is InChI=1S/C13H6BrCl2FN2/c14-7-1-2-13-18-12(6-19(13)5-7)8-3-11(17)10(16)4-9(8)15/h1-6H. The molecule has 0 aliphatic rings. The normalized spacial score (nSPS) is 11.2. The van der Waals surface area contributed by atoms with Crippen molar-refractivity contribution in [3.8, 4) is 11.3 Å². The van der Waals surface area contributed by atoms with Gasteiger partial charge in [0, 0.05) is 22.4 Å². The maximum Gasteiger partial charge on any atom is 0.142 e. The van der Waals surface area contributed by atoms with Gasteiger partial charge in [0.15, 0.2) is 0 Å². The first-order chi connectivity index (χ1) is 9.04. The summed E-state index contributed by atoms with van der Waals surface area (Å²) in [6.07, 6.45) is 3.65.